The maximum Gasteiger partial charge on any atom is 0.305 e. The molecule has 3 aromatic carbocycles. The molecule has 6 heteroatoms. The van der Waals surface area contributed by atoms with Gasteiger partial charge in [0.25, 0.3) is 0 Å². The molecule has 0 bridgehead atoms. The molecule has 3 aromatic rings. The van der Waals surface area contributed by atoms with Crippen molar-refractivity contribution >= 4 is 11.8 Å². The van der Waals surface area contributed by atoms with E-state index in [1.807, 2.05) is 60.7 Å². The summed E-state index contributed by atoms with van der Waals surface area (Å²) >= 11 is 0. The van der Waals surface area contributed by atoms with Crippen molar-refractivity contribution < 1.29 is 24.9 Å². The number of Topliss-reactive ketones (excluding diaryl/α,β-unsaturated/α-hetero) is 1. The van der Waals surface area contributed by atoms with E-state index in [0.717, 1.165) is 50.0 Å². The number of ketones is 1. The normalized spacial score (nSPS) is 14.5. The van der Waals surface area contributed by atoms with Crippen LogP contribution in [0.4, 0.5) is 0 Å². The van der Waals surface area contributed by atoms with Crippen LogP contribution in [0.25, 0.3) is 0 Å². The molecule has 0 spiro atoms. The van der Waals surface area contributed by atoms with Crippen LogP contribution in [0, 0.1) is 11.8 Å². The Bertz CT molecular complexity index is 1120. The summed E-state index contributed by atoms with van der Waals surface area (Å²) in [6, 6.07) is 26.6. The van der Waals surface area contributed by atoms with Gasteiger partial charge in [0.15, 0.2) is 5.78 Å². The van der Waals surface area contributed by atoms with Gasteiger partial charge >= 0.3 is 5.97 Å². The number of piperidine rings is 1. The van der Waals surface area contributed by atoms with Gasteiger partial charge < -0.3 is 20.2 Å². The summed E-state index contributed by atoms with van der Waals surface area (Å²) in [6.45, 7) is 5.97. The number of aliphatic carboxylic acids is 1. The zero-order valence-electron chi connectivity index (χ0n) is 22.3. The van der Waals surface area contributed by atoms with E-state index in [0.29, 0.717) is 12.0 Å². The highest BCUT2D eigenvalue weighted by molar-refractivity contribution is 5.96. The first-order valence-corrected chi connectivity index (χ1v) is 13.3. The molecule has 0 atom stereocenters. The third-order valence-electron chi connectivity index (χ3n) is 7.15. The number of likely N-dealkylation sites (tertiary alicyclic amines) is 1. The zero-order chi connectivity index (χ0) is 27.5. The molecule has 0 saturated carbocycles. The number of carboxylic acids is 1. The second kappa shape index (κ2) is 13.9. The Morgan fingerprint density at radius 3 is 1.89 bits per heavy atom. The Morgan fingerprint density at radius 2 is 1.42 bits per heavy atom. The third-order valence-corrected chi connectivity index (χ3v) is 7.15. The lowest BCUT2D eigenvalue weighted by Crippen LogP contribution is -2.44. The number of hydrogen-bond acceptors (Lipinski definition) is 5. The highest BCUT2D eigenvalue weighted by atomic mass is 16.4. The lowest BCUT2D eigenvalue weighted by molar-refractivity contribution is -0.140. The summed E-state index contributed by atoms with van der Waals surface area (Å²) in [7, 11) is 0. The molecule has 1 saturated heterocycles. The second-order valence-corrected chi connectivity index (χ2v) is 10.2. The van der Waals surface area contributed by atoms with Crippen LogP contribution in [-0.2, 0) is 10.4 Å². The summed E-state index contributed by atoms with van der Waals surface area (Å²) < 4.78 is 0. The Hall–Kier alpha value is -3.48. The highest BCUT2D eigenvalue weighted by Gasteiger charge is 2.41. The number of benzene rings is 3. The van der Waals surface area contributed by atoms with Crippen molar-refractivity contribution in [2.24, 2.45) is 11.8 Å². The largest absolute Gasteiger partial charge is 0.508 e. The van der Waals surface area contributed by atoms with Crippen molar-refractivity contribution in [1.29, 1.82) is 0 Å². The Morgan fingerprint density at radius 1 is 0.895 bits per heavy atom. The first-order chi connectivity index (χ1) is 18.2. The fourth-order valence-corrected chi connectivity index (χ4v) is 4.88. The molecule has 6 nitrogen and oxygen atoms in total. The minimum Gasteiger partial charge on any atom is -0.508 e. The van der Waals surface area contributed by atoms with Crippen molar-refractivity contribution in [1.82, 2.24) is 4.90 Å². The second-order valence-electron chi connectivity index (χ2n) is 10.2. The molecule has 1 fully saturated rings. The zero-order valence-corrected chi connectivity index (χ0v) is 22.3. The van der Waals surface area contributed by atoms with Gasteiger partial charge in [-0.2, -0.15) is 0 Å². The first-order valence-electron chi connectivity index (χ1n) is 13.3. The van der Waals surface area contributed by atoms with Crippen molar-refractivity contribution in [3.63, 3.8) is 0 Å². The average molecular weight is 518 g/mol. The maximum atomic E-state index is 12.4. The molecule has 4 rings (SSSR count). The molecule has 0 amide bonds. The van der Waals surface area contributed by atoms with Crippen molar-refractivity contribution in [2.75, 3.05) is 19.6 Å². The minimum absolute atomic E-state index is 0.0679. The molecule has 1 aliphatic rings. The minimum atomic E-state index is -1.00. The number of hydrogen-bond donors (Lipinski definition) is 3. The fourth-order valence-electron chi connectivity index (χ4n) is 4.88. The molecule has 38 heavy (non-hydrogen) atoms. The van der Waals surface area contributed by atoms with Gasteiger partial charge in [0.05, 0.1) is 5.92 Å². The average Bonchev–Trinajstić information content (AvgIpc) is 2.94. The molecular weight excluding hydrogens is 478 g/mol. The first kappa shape index (κ1) is 29.1. The lowest BCUT2D eigenvalue weighted by Gasteiger charge is -2.42. The van der Waals surface area contributed by atoms with Gasteiger partial charge in [0, 0.05) is 12.0 Å². The van der Waals surface area contributed by atoms with Gasteiger partial charge in [-0.25, -0.2) is 0 Å². The van der Waals surface area contributed by atoms with E-state index in [1.54, 1.807) is 32.0 Å². The van der Waals surface area contributed by atoms with Gasteiger partial charge in [0.1, 0.15) is 11.4 Å². The summed E-state index contributed by atoms with van der Waals surface area (Å²) in [4.78, 5) is 24.5. The SMILES string of the molecule is CC(C)C(=O)O.O=C(CCCN1CCC(C(O)(c2ccccc2)c2ccccc2)CC1)c1cccc(O)c1. The number of nitrogens with zero attached hydrogens (tertiary/aromatic N) is 1. The van der Waals surface area contributed by atoms with E-state index in [9.17, 15) is 19.8 Å². The number of phenolic OH excluding ortho intramolecular Hbond substituents is 1. The van der Waals surface area contributed by atoms with E-state index in [-0.39, 0.29) is 23.4 Å². The highest BCUT2D eigenvalue weighted by Crippen LogP contribution is 2.41. The number of rotatable bonds is 9. The van der Waals surface area contributed by atoms with Crippen molar-refractivity contribution in [3.8, 4) is 5.75 Å². The Kier molecular flexibility index (Phi) is 10.6. The number of carboxylic acid groups (broad SMARTS) is 1. The van der Waals surface area contributed by atoms with Crippen LogP contribution in [0.15, 0.2) is 84.9 Å². The quantitative estimate of drug-likeness (QED) is 0.314. The van der Waals surface area contributed by atoms with Gasteiger partial charge in [-0.15, -0.1) is 0 Å². The summed E-state index contributed by atoms with van der Waals surface area (Å²) in [5, 5.41) is 29.5. The van der Waals surface area contributed by atoms with Crippen LogP contribution >= 0.6 is 0 Å². The fraction of sp³-hybridized carbons (Fsp3) is 0.375. The molecule has 3 N–H and O–H groups in total. The number of carbonyl (C=O) groups is 2. The van der Waals surface area contributed by atoms with Crippen molar-refractivity contribution in [3.05, 3.63) is 102 Å². The van der Waals surface area contributed by atoms with Crippen LogP contribution in [0.3, 0.4) is 0 Å². The van der Waals surface area contributed by atoms with Crippen LogP contribution in [0.5, 0.6) is 5.75 Å². The predicted molar refractivity (Wildman–Crippen MR) is 149 cm³/mol. The number of phenols is 1. The summed E-state index contributed by atoms with van der Waals surface area (Å²) in [5.41, 5.74) is 1.46. The van der Waals surface area contributed by atoms with Gasteiger partial charge in [-0.05, 0) is 68.1 Å². The molecule has 0 aliphatic carbocycles. The molecular formula is C32H39NO5. The van der Waals surface area contributed by atoms with Gasteiger partial charge in [0.2, 0.25) is 0 Å². The van der Waals surface area contributed by atoms with E-state index < -0.39 is 11.6 Å². The van der Waals surface area contributed by atoms with Crippen LogP contribution in [0.1, 0.15) is 61.0 Å². The van der Waals surface area contributed by atoms with Crippen LogP contribution in [0.2, 0.25) is 0 Å². The van der Waals surface area contributed by atoms with E-state index in [1.165, 1.54) is 6.07 Å². The van der Waals surface area contributed by atoms with Crippen molar-refractivity contribution in [2.45, 2.75) is 45.1 Å². The topological polar surface area (TPSA) is 98.1 Å². The van der Waals surface area contributed by atoms with E-state index in [2.05, 4.69) is 4.90 Å². The molecule has 0 unspecified atom stereocenters. The third kappa shape index (κ3) is 7.76. The predicted octanol–water partition coefficient (Wildman–Crippen LogP) is 5.73. The lowest BCUT2D eigenvalue weighted by atomic mass is 9.72. The van der Waals surface area contributed by atoms with Gasteiger partial charge in [-0.1, -0.05) is 86.6 Å². The smallest absolute Gasteiger partial charge is 0.305 e. The summed E-state index contributed by atoms with van der Waals surface area (Å²) in [6.07, 6.45) is 3.07. The molecule has 1 heterocycles. The molecule has 1 aliphatic heterocycles. The monoisotopic (exact) mass is 517 g/mol. The molecule has 0 radical (unpaired) electrons. The van der Waals surface area contributed by atoms with E-state index >= 15 is 0 Å². The number of aliphatic hydroxyl groups is 1. The van der Waals surface area contributed by atoms with E-state index in [4.69, 9.17) is 5.11 Å². The number of carbonyl (C=O) groups excluding carboxylic acids is 1. The maximum absolute atomic E-state index is 12.4. The van der Waals surface area contributed by atoms with Gasteiger partial charge in [-0.3, -0.25) is 9.59 Å². The Labute approximate surface area is 225 Å². The standard InChI is InChI=1S/C28H31NO3.C4H8O2/c30-26-14-7-9-22(21-26)27(31)15-8-18-29-19-16-25(17-20-29)28(32,23-10-3-1-4-11-23)24-12-5-2-6-13-24;1-3(2)4(5)6/h1-7,9-14,21,25,30,32H,8,15-20H2;3H,1-2H3,(H,5,6). The Balaban J connectivity index is 0.000000599. The number of aromatic hydroxyl groups is 1. The molecule has 0 aromatic heterocycles. The van der Waals surface area contributed by atoms with Crippen LogP contribution < -0.4 is 0 Å². The van der Waals surface area contributed by atoms with Crippen LogP contribution in [-0.4, -0.2) is 51.6 Å². The molecule has 202 valence electrons. The summed E-state index contributed by atoms with van der Waals surface area (Å²) in [5.74, 6) is -0.641.